The van der Waals surface area contributed by atoms with Crippen LogP contribution in [0.25, 0.3) is 0 Å². The summed E-state index contributed by atoms with van der Waals surface area (Å²) < 4.78 is 5.16. The van der Waals surface area contributed by atoms with Gasteiger partial charge in [0.2, 0.25) is 0 Å². The monoisotopic (exact) mass is 270 g/mol. The number of nitrogens with one attached hydrogen (secondary N) is 1. The average Bonchev–Trinajstić information content (AvgIpc) is 2.53. The van der Waals surface area contributed by atoms with E-state index in [9.17, 15) is 4.79 Å². The molecule has 4 heteroatoms. The normalized spacial score (nSPS) is 9.90. The standard InChI is InChI=1S/C16H18N2O2/c1-18(14-9-6-10-15(11-14)20-2)16(19)17-12-13-7-4-3-5-8-13/h3-11H,12H2,1-2H3,(H,17,19). The fraction of sp³-hybridized carbons (Fsp3) is 0.188. The molecule has 2 rings (SSSR count). The van der Waals surface area contributed by atoms with E-state index >= 15 is 0 Å². The highest BCUT2D eigenvalue weighted by Gasteiger charge is 2.10. The molecule has 0 heterocycles. The molecule has 0 saturated heterocycles. The number of ether oxygens (including phenoxy) is 1. The van der Waals surface area contributed by atoms with Gasteiger partial charge in [-0.25, -0.2) is 4.79 Å². The Bertz CT molecular complexity index is 570. The molecule has 0 fully saturated rings. The molecule has 0 unspecified atom stereocenters. The number of anilines is 1. The van der Waals surface area contributed by atoms with Gasteiger partial charge in [0.05, 0.1) is 7.11 Å². The highest BCUT2D eigenvalue weighted by atomic mass is 16.5. The highest BCUT2D eigenvalue weighted by Crippen LogP contribution is 2.19. The molecule has 0 aliphatic heterocycles. The largest absolute Gasteiger partial charge is 0.497 e. The SMILES string of the molecule is COc1cccc(N(C)C(=O)NCc2ccccc2)c1. The number of methoxy groups -OCH3 is 1. The van der Waals surface area contributed by atoms with Gasteiger partial charge in [0, 0.05) is 25.3 Å². The summed E-state index contributed by atoms with van der Waals surface area (Å²) in [6.45, 7) is 0.508. The van der Waals surface area contributed by atoms with Crippen LogP contribution in [0.1, 0.15) is 5.56 Å². The molecule has 104 valence electrons. The Morgan fingerprint density at radius 3 is 2.60 bits per heavy atom. The Morgan fingerprint density at radius 1 is 1.15 bits per heavy atom. The smallest absolute Gasteiger partial charge is 0.321 e. The van der Waals surface area contributed by atoms with Crippen molar-refractivity contribution in [1.29, 1.82) is 0 Å². The first-order chi connectivity index (χ1) is 9.70. The maximum Gasteiger partial charge on any atom is 0.321 e. The van der Waals surface area contributed by atoms with Crippen LogP contribution in [0.2, 0.25) is 0 Å². The Kier molecular flexibility index (Phi) is 4.60. The fourth-order valence-corrected chi connectivity index (χ4v) is 1.83. The summed E-state index contributed by atoms with van der Waals surface area (Å²) in [4.78, 5) is 13.7. The summed E-state index contributed by atoms with van der Waals surface area (Å²) in [7, 11) is 3.34. The van der Waals surface area contributed by atoms with Crippen molar-refractivity contribution >= 4 is 11.7 Å². The Balaban J connectivity index is 1.98. The first-order valence-electron chi connectivity index (χ1n) is 6.40. The van der Waals surface area contributed by atoms with E-state index in [0.717, 1.165) is 17.0 Å². The van der Waals surface area contributed by atoms with Crippen LogP contribution in [0, 0.1) is 0 Å². The van der Waals surface area contributed by atoms with Crippen LogP contribution < -0.4 is 15.0 Å². The third kappa shape index (κ3) is 3.51. The van der Waals surface area contributed by atoms with Gasteiger partial charge in [-0.05, 0) is 17.7 Å². The Morgan fingerprint density at radius 2 is 1.90 bits per heavy atom. The maximum atomic E-state index is 12.1. The fourth-order valence-electron chi connectivity index (χ4n) is 1.83. The average molecular weight is 270 g/mol. The van der Waals surface area contributed by atoms with Crippen molar-refractivity contribution in [3.8, 4) is 5.75 Å². The van der Waals surface area contributed by atoms with E-state index in [4.69, 9.17) is 4.74 Å². The zero-order valence-corrected chi connectivity index (χ0v) is 11.7. The lowest BCUT2D eigenvalue weighted by Crippen LogP contribution is -2.36. The topological polar surface area (TPSA) is 41.6 Å². The van der Waals surface area contributed by atoms with Crippen LogP contribution >= 0.6 is 0 Å². The zero-order chi connectivity index (χ0) is 14.4. The Hall–Kier alpha value is -2.49. The lowest BCUT2D eigenvalue weighted by atomic mass is 10.2. The van der Waals surface area contributed by atoms with Crippen LogP contribution in [0.3, 0.4) is 0 Å². The second-order valence-electron chi connectivity index (χ2n) is 4.40. The molecule has 0 atom stereocenters. The minimum absolute atomic E-state index is 0.151. The first-order valence-corrected chi connectivity index (χ1v) is 6.40. The summed E-state index contributed by atoms with van der Waals surface area (Å²) in [5, 5.41) is 2.88. The van der Waals surface area contributed by atoms with Crippen molar-refractivity contribution in [1.82, 2.24) is 5.32 Å². The molecule has 0 aromatic heterocycles. The van der Waals surface area contributed by atoms with Gasteiger partial charge in [-0.2, -0.15) is 0 Å². The van der Waals surface area contributed by atoms with Crippen molar-refractivity contribution in [3.63, 3.8) is 0 Å². The molecule has 2 aromatic carbocycles. The molecule has 0 spiro atoms. The molecule has 0 bridgehead atoms. The molecule has 2 aromatic rings. The van der Waals surface area contributed by atoms with Crippen LogP contribution in [-0.4, -0.2) is 20.2 Å². The molecule has 0 radical (unpaired) electrons. The third-order valence-electron chi connectivity index (χ3n) is 3.03. The highest BCUT2D eigenvalue weighted by molar-refractivity contribution is 5.91. The van der Waals surface area contributed by atoms with Crippen molar-refractivity contribution in [2.75, 3.05) is 19.1 Å². The number of hydrogen-bond donors (Lipinski definition) is 1. The number of carbonyl (C=O) groups excluding carboxylic acids is 1. The van der Waals surface area contributed by atoms with Crippen molar-refractivity contribution in [3.05, 3.63) is 60.2 Å². The number of nitrogens with zero attached hydrogens (tertiary/aromatic N) is 1. The molecule has 0 aliphatic rings. The van der Waals surface area contributed by atoms with Crippen LogP contribution in [0.15, 0.2) is 54.6 Å². The summed E-state index contributed by atoms with van der Waals surface area (Å²) in [5.74, 6) is 0.727. The molecular formula is C16H18N2O2. The van der Waals surface area contributed by atoms with Gasteiger partial charge < -0.3 is 10.1 Å². The zero-order valence-electron chi connectivity index (χ0n) is 11.7. The number of urea groups is 1. The van der Waals surface area contributed by atoms with Gasteiger partial charge in [0.25, 0.3) is 0 Å². The number of carbonyl (C=O) groups is 1. The predicted octanol–water partition coefficient (Wildman–Crippen LogP) is 3.04. The lowest BCUT2D eigenvalue weighted by Gasteiger charge is -2.18. The molecular weight excluding hydrogens is 252 g/mol. The molecule has 20 heavy (non-hydrogen) atoms. The predicted molar refractivity (Wildman–Crippen MR) is 80.1 cm³/mol. The number of amides is 2. The van der Waals surface area contributed by atoms with E-state index < -0.39 is 0 Å². The molecule has 1 N–H and O–H groups in total. The van der Waals surface area contributed by atoms with E-state index in [1.165, 1.54) is 0 Å². The summed E-state index contributed by atoms with van der Waals surface area (Å²) in [6.07, 6.45) is 0. The van der Waals surface area contributed by atoms with Crippen molar-refractivity contribution in [2.45, 2.75) is 6.54 Å². The Labute approximate surface area is 119 Å². The summed E-state index contributed by atoms with van der Waals surface area (Å²) in [6, 6.07) is 17.1. The number of hydrogen-bond acceptors (Lipinski definition) is 2. The summed E-state index contributed by atoms with van der Waals surface area (Å²) >= 11 is 0. The van der Waals surface area contributed by atoms with Crippen molar-refractivity contribution in [2.24, 2.45) is 0 Å². The van der Waals surface area contributed by atoms with E-state index in [1.54, 1.807) is 19.1 Å². The van der Waals surface area contributed by atoms with Crippen LogP contribution in [0.4, 0.5) is 10.5 Å². The number of benzene rings is 2. The lowest BCUT2D eigenvalue weighted by molar-refractivity contribution is 0.247. The molecule has 0 aliphatic carbocycles. The van der Waals surface area contributed by atoms with E-state index in [0.29, 0.717) is 6.54 Å². The van der Waals surface area contributed by atoms with Gasteiger partial charge in [-0.3, -0.25) is 4.90 Å². The van der Waals surface area contributed by atoms with Gasteiger partial charge in [0.1, 0.15) is 5.75 Å². The van der Waals surface area contributed by atoms with Gasteiger partial charge in [0.15, 0.2) is 0 Å². The molecule has 4 nitrogen and oxygen atoms in total. The van der Waals surface area contributed by atoms with E-state index in [1.807, 2.05) is 54.6 Å². The van der Waals surface area contributed by atoms with E-state index in [-0.39, 0.29) is 6.03 Å². The molecule has 2 amide bonds. The molecule has 0 saturated carbocycles. The third-order valence-corrected chi connectivity index (χ3v) is 3.03. The van der Waals surface area contributed by atoms with Gasteiger partial charge >= 0.3 is 6.03 Å². The quantitative estimate of drug-likeness (QED) is 0.927. The van der Waals surface area contributed by atoms with Gasteiger partial charge in [-0.15, -0.1) is 0 Å². The second kappa shape index (κ2) is 6.61. The first kappa shape index (κ1) is 13.9. The van der Waals surface area contributed by atoms with Crippen LogP contribution in [-0.2, 0) is 6.54 Å². The minimum atomic E-state index is -0.151. The van der Waals surface area contributed by atoms with Crippen molar-refractivity contribution < 1.29 is 9.53 Å². The van der Waals surface area contributed by atoms with Gasteiger partial charge in [-0.1, -0.05) is 36.4 Å². The minimum Gasteiger partial charge on any atom is -0.497 e. The van der Waals surface area contributed by atoms with Crippen LogP contribution in [0.5, 0.6) is 5.75 Å². The van der Waals surface area contributed by atoms with E-state index in [2.05, 4.69) is 5.32 Å². The number of rotatable bonds is 4. The maximum absolute atomic E-state index is 12.1. The second-order valence-corrected chi connectivity index (χ2v) is 4.40. The summed E-state index contributed by atoms with van der Waals surface area (Å²) in [5.41, 5.74) is 1.86.